The lowest BCUT2D eigenvalue weighted by atomic mass is 10.1. The van der Waals surface area contributed by atoms with Crippen molar-refractivity contribution in [1.29, 1.82) is 0 Å². The first-order valence-electron chi connectivity index (χ1n) is 5.44. The summed E-state index contributed by atoms with van der Waals surface area (Å²) in [5.74, 6) is -0.983. The zero-order valence-corrected chi connectivity index (χ0v) is 10.9. The van der Waals surface area contributed by atoms with Crippen LogP contribution in [0.25, 0.3) is 0 Å². The van der Waals surface area contributed by atoms with Crippen molar-refractivity contribution in [2.75, 3.05) is 5.32 Å². The number of anilines is 1. The van der Waals surface area contributed by atoms with Crippen LogP contribution in [0, 0.1) is 13.8 Å². The van der Waals surface area contributed by atoms with Crippen molar-refractivity contribution in [2.24, 2.45) is 0 Å². The Kier molecular flexibility index (Phi) is 3.57. The second-order valence-corrected chi connectivity index (χ2v) is 4.73. The van der Waals surface area contributed by atoms with Gasteiger partial charge in [0.15, 0.2) is 4.88 Å². The third-order valence-electron chi connectivity index (χ3n) is 2.66. The SMILES string of the molecule is Cc1cccc(C)c1NCc1nnsc1C(=O)O. The molecule has 0 aliphatic rings. The van der Waals surface area contributed by atoms with Gasteiger partial charge in [-0.2, -0.15) is 0 Å². The van der Waals surface area contributed by atoms with Gasteiger partial charge in [-0.3, -0.25) is 0 Å². The molecule has 0 fully saturated rings. The summed E-state index contributed by atoms with van der Waals surface area (Å²) in [5.41, 5.74) is 3.72. The van der Waals surface area contributed by atoms with E-state index in [9.17, 15) is 4.79 Å². The average molecular weight is 263 g/mol. The van der Waals surface area contributed by atoms with E-state index in [1.54, 1.807) is 0 Å². The number of carbonyl (C=O) groups is 1. The molecule has 2 N–H and O–H groups in total. The highest BCUT2D eigenvalue weighted by Crippen LogP contribution is 2.21. The molecule has 0 unspecified atom stereocenters. The highest BCUT2D eigenvalue weighted by Gasteiger charge is 2.15. The second-order valence-electron chi connectivity index (χ2n) is 3.97. The van der Waals surface area contributed by atoms with Gasteiger partial charge in [-0.05, 0) is 36.5 Å². The maximum absolute atomic E-state index is 10.9. The van der Waals surface area contributed by atoms with Gasteiger partial charge in [-0.1, -0.05) is 22.7 Å². The predicted molar refractivity (Wildman–Crippen MR) is 70.1 cm³/mol. The van der Waals surface area contributed by atoms with Crippen molar-refractivity contribution in [3.63, 3.8) is 0 Å². The lowest BCUT2D eigenvalue weighted by Gasteiger charge is -2.11. The highest BCUT2D eigenvalue weighted by molar-refractivity contribution is 7.07. The molecule has 0 amide bonds. The average Bonchev–Trinajstić information content (AvgIpc) is 2.76. The summed E-state index contributed by atoms with van der Waals surface area (Å²) >= 11 is 0.901. The number of carboxylic acid groups (broad SMARTS) is 1. The molecule has 2 aromatic rings. The van der Waals surface area contributed by atoms with E-state index in [1.165, 1.54) is 0 Å². The van der Waals surface area contributed by atoms with Crippen LogP contribution < -0.4 is 5.32 Å². The molecule has 6 heteroatoms. The summed E-state index contributed by atoms with van der Waals surface area (Å²) < 4.78 is 3.67. The van der Waals surface area contributed by atoms with Crippen LogP contribution in [0.15, 0.2) is 18.2 Å². The zero-order chi connectivity index (χ0) is 13.1. The third kappa shape index (κ3) is 2.48. The smallest absolute Gasteiger partial charge is 0.349 e. The molecule has 5 nitrogen and oxygen atoms in total. The maximum atomic E-state index is 10.9. The summed E-state index contributed by atoms with van der Waals surface area (Å²) in [6.07, 6.45) is 0. The molecule has 0 saturated heterocycles. The van der Waals surface area contributed by atoms with Crippen molar-refractivity contribution in [3.8, 4) is 0 Å². The van der Waals surface area contributed by atoms with Gasteiger partial charge in [0.05, 0.1) is 6.54 Å². The van der Waals surface area contributed by atoms with Crippen molar-refractivity contribution in [1.82, 2.24) is 9.59 Å². The van der Waals surface area contributed by atoms with Crippen LogP contribution in [-0.4, -0.2) is 20.7 Å². The van der Waals surface area contributed by atoms with E-state index in [1.807, 2.05) is 32.0 Å². The number of carboxylic acids is 1. The molecule has 94 valence electrons. The van der Waals surface area contributed by atoms with Gasteiger partial charge in [0, 0.05) is 5.69 Å². The van der Waals surface area contributed by atoms with Gasteiger partial charge < -0.3 is 10.4 Å². The second kappa shape index (κ2) is 5.14. The maximum Gasteiger partial charge on any atom is 0.349 e. The van der Waals surface area contributed by atoms with Gasteiger partial charge in [0.1, 0.15) is 5.69 Å². The van der Waals surface area contributed by atoms with Gasteiger partial charge in [0.25, 0.3) is 0 Å². The highest BCUT2D eigenvalue weighted by atomic mass is 32.1. The Morgan fingerprint density at radius 2 is 2.06 bits per heavy atom. The number of para-hydroxylation sites is 1. The Morgan fingerprint density at radius 1 is 1.39 bits per heavy atom. The third-order valence-corrected chi connectivity index (χ3v) is 3.42. The minimum atomic E-state index is -0.983. The van der Waals surface area contributed by atoms with Crippen LogP contribution in [0.3, 0.4) is 0 Å². The number of aromatic nitrogens is 2. The van der Waals surface area contributed by atoms with E-state index in [4.69, 9.17) is 5.11 Å². The Hall–Kier alpha value is -1.95. The van der Waals surface area contributed by atoms with E-state index in [-0.39, 0.29) is 4.88 Å². The summed E-state index contributed by atoms with van der Waals surface area (Å²) in [7, 11) is 0. The Balaban J connectivity index is 2.17. The summed E-state index contributed by atoms with van der Waals surface area (Å²) in [6, 6.07) is 6.00. The van der Waals surface area contributed by atoms with Crippen molar-refractivity contribution < 1.29 is 9.90 Å². The number of benzene rings is 1. The molecule has 18 heavy (non-hydrogen) atoms. The normalized spacial score (nSPS) is 10.3. The van der Waals surface area contributed by atoms with Crippen molar-refractivity contribution in [3.05, 3.63) is 39.9 Å². The Bertz CT molecular complexity index is 560. The lowest BCUT2D eigenvalue weighted by Crippen LogP contribution is -2.07. The number of nitrogens with one attached hydrogen (secondary N) is 1. The topological polar surface area (TPSA) is 75.1 Å². The minimum Gasteiger partial charge on any atom is -0.477 e. The van der Waals surface area contributed by atoms with Crippen molar-refractivity contribution in [2.45, 2.75) is 20.4 Å². The van der Waals surface area contributed by atoms with E-state index in [0.717, 1.165) is 28.3 Å². The molecule has 0 spiro atoms. The standard InChI is InChI=1S/C12H13N3O2S/c1-7-4-3-5-8(2)10(7)13-6-9-11(12(16)17)18-15-14-9/h3-5,13H,6H2,1-2H3,(H,16,17). The first-order chi connectivity index (χ1) is 8.59. The van der Waals surface area contributed by atoms with Crippen LogP contribution in [0.5, 0.6) is 0 Å². The largest absolute Gasteiger partial charge is 0.477 e. The number of hydrogen-bond donors (Lipinski definition) is 2. The fourth-order valence-electron chi connectivity index (χ4n) is 1.75. The predicted octanol–water partition coefficient (Wildman–Crippen LogP) is 2.47. The number of aryl methyl sites for hydroxylation is 2. The number of aromatic carboxylic acids is 1. The Morgan fingerprint density at radius 3 is 2.67 bits per heavy atom. The molecule has 1 aromatic heterocycles. The molecule has 0 atom stereocenters. The molecule has 0 saturated carbocycles. The van der Waals surface area contributed by atoms with Gasteiger partial charge >= 0.3 is 5.97 Å². The number of hydrogen-bond acceptors (Lipinski definition) is 5. The van der Waals surface area contributed by atoms with Crippen LogP contribution in [0.1, 0.15) is 26.5 Å². The van der Waals surface area contributed by atoms with E-state index < -0.39 is 5.97 Å². The van der Waals surface area contributed by atoms with E-state index in [0.29, 0.717) is 12.2 Å². The quantitative estimate of drug-likeness (QED) is 0.886. The zero-order valence-electron chi connectivity index (χ0n) is 10.1. The fourth-order valence-corrected chi connectivity index (χ4v) is 2.27. The van der Waals surface area contributed by atoms with E-state index in [2.05, 4.69) is 14.9 Å². The molecule has 0 aliphatic carbocycles. The molecule has 1 heterocycles. The van der Waals surface area contributed by atoms with Gasteiger partial charge in [-0.15, -0.1) is 5.10 Å². The lowest BCUT2D eigenvalue weighted by molar-refractivity contribution is 0.0701. The van der Waals surface area contributed by atoms with Gasteiger partial charge in [-0.25, -0.2) is 4.79 Å². The van der Waals surface area contributed by atoms with Crippen LogP contribution in [0.2, 0.25) is 0 Å². The molecule has 2 rings (SSSR count). The van der Waals surface area contributed by atoms with E-state index >= 15 is 0 Å². The molecule has 0 bridgehead atoms. The molecule has 0 aliphatic heterocycles. The molecular weight excluding hydrogens is 250 g/mol. The van der Waals surface area contributed by atoms with Crippen LogP contribution >= 0.6 is 11.5 Å². The molecule has 0 radical (unpaired) electrons. The van der Waals surface area contributed by atoms with Gasteiger partial charge in [0.2, 0.25) is 0 Å². The van der Waals surface area contributed by atoms with Crippen LogP contribution in [0.4, 0.5) is 5.69 Å². The fraction of sp³-hybridized carbons (Fsp3) is 0.250. The summed E-state index contributed by atoms with van der Waals surface area (Å²) in [6.45, 7) is 4.38. The molecule has 1 aromatic carbocycles. The first-order valence-corrected chi connectivity index (χ1v) is 6.21. The van der Waals surface area contributed by atoms with Crippen LogP contribution in [-0.2, 0) is 6.54 Å². The summed E-state index contributed by atoms with van der Waals surface area (Å²) in [5, 5.41) is 16.0. The first kappa shape index (κ1) is 12.5. The molecular formula is C12H13N3O2S. The van der Waals surface area contributed by atoms with Crippen molar-refractivity contribution >= 4 is 23.2 Å². The number of nitrogens with zero attached hydrogens (tertiary/aromatic N) is 2. The minimum absolute atomic E-state index is 0.189. The summed E-state index contributed by atoms with van der Waals surface area (Å²) in [4.78, 5) is 11.1. The Labute approximate surface area is 109 Å². The monoisotopic (exact) mass is 263 g/mol. The number of rotatable bonds is 4.